The molecule has 1 atom stereocenters. The Morgan fingerprint density at radius 1 is 1.64 bits per heavy atom. The summed E-state index contributed by atoms with van der Waals surface area (Å²) in [4.78, 5) is 9.95. The molecule has 1 aliphatic rings. The van der Waals surface area contributed by atoms with Gasteiger partial charge >= 0.3 is 0 Å². The minimum absolute atomic E-state index is 0.151. The van der Waals surface area contributed by atoms with Gasteiger partial charge in [-0.15, -0.1) is 0 Å². The summed E-state index contributed by atoms with van der Waals surface area (Å²) in [6, 6.07) is 8.77. The molecule has 57 valence electrons. The molecule has 2 nitrogen and oxygen atoms in total. The lowest BCUT2D eigenvalue weighted by Crippen LogP contribution is -2.20. The van der Waals surface area contributed by atoms with Gasteiger partial charge in [0.2, 0.25) is 0 Å². The van der Waals surface area contributed by atoms with Crippen LogP contribution in [0.25, 0.3) is 0 Å². The fourth-order valence-electron chi connectivity index (χ4n) is 1.17. The molecule has 0 saturated heterocycles. The summed E-state index contributed by atoms with van der Waals surface area (Å²) in [5, 5.41) is 0. The Kier molecular flexibility index (Phi) is 1.55. The highest BCUT2D eigenvalue weighted by Gasteiger charge is 2.16. The fraction of sp³-hybridized carbons (Fsp3) is 0.333. The zero-order valence-electron chi connectivity index (χ0n) is 6.33. The van der Waals surface area contributed by atoms with E-state index in [4.69, 9.17) is 9.78 Å². The minimum Gasteiger partial charge on any atom is -0.336 e. The van der Waals surface area contributed by atoms with Gasteiger partial charge in [0.05, 0.1) is 0 Å². The summed E-state index contributed by atoms with van der Waals surface area (Å²) < 4.78 is 0. The summed E-state index contributed by atoms with van der Waals surface area (Å²) in [6.07, 6.45) is 1.06. The second kappa shape index (κ2) is 2.55. The van der Waals surface area contributed by atoms with Crippen molar-refractivity contribution in [2.45, 2.75) is 19.4 Å². The van der Waals surface area contributed by atoms with Gasteiger partial charge in [-0.1, -0.05) is 18.2 Å². The Bertz CT molecular complexity index is 257. The second-order valence-corrected chi connectivity index (χ2v) is 2.72. The van der Waals surface area contributed by atoms with Crippen LogP contribution >= 0.6 is 0 Å². The zero-order chi connectivity index (χ0) is 7.68. The van der Waals surface area contributed by atoms with Gasteiger partial charge in [-0.05, 0) is 6.92 Å². The third-order valence-electron chi connectivity index (χ3n) is 1.70. The Labute approximate surface area is 65.7 Å². The van der Waals surface area contributed by atoms with Crippen molar-refractivity contribution in [3.05, 3.63) is 29.8 Å². The topological polar surface area (TPSA) is 18.5 Å². The van der Waals surface area contributed by atoms with Crippen molar-refractivity contribution in [2.75, 3.05) is 0 Å². The summed E-state index contributed by atoms with van der Waals surface area (Å²) in [7, 11) is 0. The van der Waals surface area contributed by atoms with Crippen LogP contribution in [0.1, 0.15) is 12.5 Å². The van der Waals surface area contributed by atoms with Gasteiger partial charge in [-0.2, -0.15) is 4.89 Å². The molecule has 0 amide bonds. The molecule has 2 rings (SSSR count). The van der Waals surface area contributed by atoms with Crippen LogP contribution in [0.3, 0.4) is 0 Å². The first-order valence-electron chi connectivity index (χ1n) is 3.69. The van der Waals surface area contributed by atoms with Gasteiger partial charge in [-0.3, -0.25) is 0 Å². The molecular formula is C9H9O2. The number of benzene rings is 1. The zero-order valence-corrected chi connectivity index (χ0v) is 6.33. The van der Waals surface area contributed by atoms with Gasteiger partial charge in [0.25, 0.3) is 0 Å². The summed E-state index contributed by atoms with van der Waals surface area (Å²) >= 11 is 0. The highest BCUT2D eigenvalue weighted by atomic mass is 17.2. The third kappa shape index (κ3) is 1.21. The summed E-state index contributed by atoms with van der Waals surface area (Å²) in [5.41, 5.74) is 1.17. The van der Waals surface area contributed by atoms with Gasteiger partial charge < -0.3 is 4.89 Å². The first-order chi connectivity index (χ1) is 5.36. The molecule has 1 unspecified atom stereocenters. The Morgan fingerprint density at radius 2 is 2.55 bits per heavy atom. The smallest absolute Gasteiger partial charge is 0.176 e. The van der Waals surface area contributed by atoms with E-state index in [1.165, 1.54) is 5.56 Å². The van der Waals surface area contributed by atoms with Crippen molar-refractivity contribution in [1.82, 2.24) is 0 Å². The number of para-hydroxylation sites is 1. The SMILES string of the molecule is CC1Cc2ccc[c]c2OO1. The van der Waals surface area contributed by atoms with E-state index in [1.54, 1.807) is 0 Å². The van der Waals surface area contributed by atoms with Crippen molar-refractivity contribution in [3.63, 3.8) is 0 Å². The molecule has 1 heterocycles. The van der Waals surface area contributed by atoms with E-state index < -0.39 is 0 Å². The Hall–Kier alpha value is -1.02. The standard InChI is InChI=1S/C9H9O2/c1-7-6-8-4-2-3-5-9(8)11-10-7/h2-4,7H,6H2,1H3. The molecule has 2 heteroatoms. The van der Waals surface area contributed by atoms with Gasteiger partial charge in [0, 0.05) is 18.1 Å². The van der Waals surface area contributed by atoms with Crippen LogP contribution < -0.4 is 4.89 Å². The molecule has 0 saturated carbocycles. The molecule has 1 aromatic carbocycles. The molecule has 1 aromatic rings. The van der Waals surface area contributed by atoms with Gasteiger partial charge in [-0.25, -0.2) is 0 Å². The molecule has 0 N–H and O–H groups in total. The van der Waals surface area contributed by atoms with Crippen LogP contribution in [0.4, 0.5) is 0 Å². The third-order valence-corrected chi connectivity index (χ3v) is 1.70. The summed E-state index contributed by atoms with van der Waals surface area (Å²) in [6.45, 7) is 1.98. The van der Waals surface area contributed by atoms with Gasteiger partial charge in [0.1, 0.15) is 6.10 Å². The summed E-state index contributed by atoms with van der Waals surface area (Å²) in [5.74, 6) is 0.727. The Balaban J connectivity index is 2.34. The molecule has 11 heavy (non-hydrogen) atoms. The minimum atomic E-state index is 0.151. The average Bonchev–Trinajstić information content (AvgIpc) is 2.04. The predicted molar refractivity (Wildman–Crippen MR) is 40.2 cm³/mol. The number of rotatable bonds is 0. The van der Waals surface area contributed by atoms with Crippen molar-refractivity contribution < 1.29 is 9.78 Å². The molecule has 0 aliphatic carbocycles. The van der Waals surface area contributed by atoms with E-state index in [2.05, 4.69) is 6.07 Å². The molecule has 0 fully saturated rings. The maximum atomic E-state index is 4.98. The highest BCUT2D eigenvalue weighted by Crippen LogP contribution is 2.24. The van der Waals surface area contributed by atoms with Crippen LogP contribution in [0.2, 0.25) is 0 Å². The largest absolute Gasteiger partial charge is 0.336 e. The predicted octanol–water partition coefficient (Wildman–Crippen LogP) is 1.74. The average molecular weight is 149 g/mol. The number of hydrogen-bond donors (Lipinski definition) is 0. The first-order valence-corrected chi connectivity index (χ1v) is 3.69. The maximum absolute atomic E-state index is 4.98. The highest BCUT2D eigenvalue weighted by molar-refractivity contribution is 5.32. The van der Waals surface area contributed by atoms with E-state index in [1.807, 2.05) is 25.1 Å². The maximum Gasteiger partial charge on any atom is 0.176 e. The van der Waals surface area contributed by atoms with Crippen molar-refractivity contribution in [3.8, 4) is 5.75 Å². The van der Waals surface area contributed by atoms with E-state index in [0.29, 0.717) is 0 Å². The molecule has 0 spiro atoms. The van der Waals surface area contributed by atoms with Crippen LogP contribution in [-0.4, -0.2) is 6.10 Å². The first kappa shape index (κ1) is 6.68. The van der Waals surface area contributed by atoms with Crippen LogP contribution in [0.5, 0.6) is 5.75 Å². The van der Waals surface area contributed by atoms with Crippen LogP contribution in [-0.2, 0) is 11.3 Å². The van der Waals surface area contributed by atoms with E-state index in [9.17, 15) is 0 Å². The van der Waals surface area contributed by atoms with E-state index >= 15 is 0 Å². The molecule has 1 aliphatic heterocycles. The van der Waals surface area contributed by atoms with Crippen LogP contribution in [0, 0.1) is 6.07 Å². The lowest BCUT2D eigenvalue weighted by Gasteiger charge is -2.19. The molecular weight excluding hydrogens is 140 g/mol. The van der Waals surface area contributed by atoms with E-state index in [-0.39, 0.29) is 6.10 Å². The quantitative estimate of drug-likeness (QED) is 0.523. The molecule has 1 radical (unpaired) electrons. The van der Waals surface area contributed by atoms with Crippen LogP contribution in [0.15, 0.2) is 18.2 Å². The van der Waals surface area contributed by atoms with Crippen molar-refractivity contribution in [1.29, 1.82) is 0 Å². The number of fused-ring (bicyclic) bond motifs is 1. The molecule has 0 aromatic heterocycles. The van der Waals surface area contributed by atoms with Gasteiger partial charge in [0.15, 0.2) is 5.75 Å². The fourth-order valence-corrected chi connectivity index (χ4v) is 1.17. The number of hydrogen-bond acceptors (Lipinski definition) is 2. The Morgan fingerprint density at radius 3 is 3.45 bits per heavy atom. The normalized spacial score (nSPS) is 22.1. The second-order valence-electron chi connectivity index (χ2n) is 2.72. The van der Waals surface area contributed by atoms with Crippen molar-refractivity contribution >= 4 is 0 Å². The van der Waals surface area contributed by atoms with Crippen molar-refractivity contribution in [2.24, 2.45) is 0 Å². The lowest BCUT2D eigenvalue weighted by atomic mass is 10.1. The lowest BCUT2D eigenvalue weighted by molar-refractivity contribution is -0.249. The monoisotopic (exact) mass is 149 g/mol. The molecule has 0 bridgehead atoms. The van der Waals surface area contributed by atoms with E-state index in [0.717, 1.165) is 12.2 Å².